The van der Waals surface area contributed by atoms with Gasteiger partial charge in [0.15, 0.2) is 0 Å². The summed E-state index contributed by atoms with van der Waals surface area (Å²) < 4.78 is 84.7. The highest BCUT2D eigenvalue weighted by molar-refractivity contribution is 7.86. The fourth-order valence-corrected chi connectivity index (χ4v) is 1.51. The lowest BCUT2D eigenvalue weighted by molar-refractivity contribution is -0.274. The number of ether oxygens (including phenoxy) is 1. The van der Waals surface area contributed by atoms with Crippen molar-refractivity contribution in [1.82, 2.24) is 0 Å². The zero-order valence-electron chi connectivity index (χ0n) is 9.82. The zero-order chi connectivity index (χ0) is 15.1. The average molecular weight is 302 g/mol. The zero-order valence-corrected chi connectivity index (χ0v) is 10.6. The molecule has 0 fully saturated rings. The van der Waals surface area contributed by atoms with Crippen LogP contribution in [0.5, 0.6) is 5.75 Å². The fourth-order valence-electron chi connectivity index (χ4n) is 1.16. The standard InChI is InChI=1S/C10H10F4O4S/c1-6-3-4-7(2)8(5-6)18-9(11,12)10(13,14)19(15,16)17/h3-5H,1-2H3,(H,15,16,17). The molecule has 1 N–H and O–H groups in total. The maximum absolute atomic E-state index is 13.2. The Balaban J connectivity index is 3.20. The summed E-state index contributed by atoms with van der Waals surface area (Å²) in [7, 11) is -6.31. The number of halogens is 4. The van der Waals surface area contributed by atoms with Gasteiger partial charge in [-0.2, -0.15) is 26.0 Å². The van der Waals surface area contributed by atoms with E-state index < -0.39 is 27.2 Å². The highest BCUT2D eigenvalue weighted by Gasteiger charge is 2.69. The molecule has 0 aliphatic heterocycles. The number of benzene rings is 1. The summed E-state index contributed by atoms with van der Waals surface area (Å²) in [5, 5.41) is -5.75. The van der Waals surface area contributed by atoms with E-state index in [9.17, 15) is 26.0 Å². The number of hydrogen-bond acceptors (Lipinski definition) is 3. The number of rotatable bonds is 4. The Morgan fingerprint density at radius 1 is 1.16 bits per heavy atom. The third-order valence-corrected chi connectivity index (χ3v) is 3.13. The van der Waals surface area contributed by atoms with Crippen molar-refractivity contribution >= 4 is 10.1 Å². The molecular formula is C10H10F4O4S. The highest BCUT2D eigenvalue weighted by Crippen LogP contribution is 2.40. The molecule has 9 heteroatoms. The lowest BCUT2D eigenvalue weighted by atomic mass is 10.1. The van der Waals surface area contributed by atoms with Gasteiger partial charge < -0.3 is 4.74 Å². The monoisotopic (exact) mass is 302 g/mol. The normalized spacial score (nSPS) is 13.4. The SMILES string of the molecule is Cc1ccc(C)c(OC(F)(F)C(F)(F)S(=O)(=O)O)c1. The van der Waals surface area contributed by atoms with Gasteiger partial charge in [0.05, 0.1) is 0 Å². The van der Waals surface area contributed by atoms with Crippen LogP contribution < -0.4 is 4.74 Å². The van der Waals surface area contributed by atoms with Gasteiger partial charge in [-0.1, -0.05) is 12.1 Å². The second-order valence-corrected chi connectivity index (χ2v) is 5.34. The first-order valence-electron chi connectivity index (χ1n) is 4.87. The summed E-state index contributed by atoms with van der Waals surface area (Å²) in [4.78, 5) is 0. The lowest BCUT2D eigenvalue weighted by Gasteiger charge is -2.24. The Morgan fingerprint density at radius 2 is 1.68 bits per heavy atom. The van der Waals surface area contributed by atoms with Gasteiger partial charge in [0.1, 0.15) is 5.75 Å². The molecule has 0 atom stereocenters. The van der Waals surface area contributed by atoms with Crippen molar-refractivity contribution in [3.8, 4) is 5.75 Å². The molecule has 0 unspecified atom stereocenters. The average Bonchev–Trinajstić information content (AvgIpc) is 2.21. The Morgan fingerprint density at radius 3 is 2.16 bits per heavy atom. The van der Waals surface area contributed by atoms with E-state index in [1.807, 2.05) is 0 Å². The smallest absolute Gasteiger partial charge is 0.427 e. The Labute approximate surface area is 106 Å². The number of alkyl halides is 4. The van der Waals surface area contributed by atoms with Crippen LogP contribution in [-0.2, 0) is 10.1 Å². The Hall–Kier alpha value is -1.35. The predicted molar refractivity (Wildman–Crippen MR) is 58.0 cm³/mol. The summed E-state index contributed by atoms with van der Waals surface area (Å²) in [6, 6.07) is 3.91. The van der Waals surface area contributed by atoms with E-state index in [1.165, 1.54) is 26.0 Å². The Bertz CT molecular complexity index is 583. The molecule has 1 aromatic rings. The van der Waals surface area contributed by atoms with Crippen molar-refractivity contribution in [1.29, 1.82) is 0 Å². The van der Waals surface area contributed by atoms with E-state index in [0.717, 1.165) is 6.07 Å². The molecule has 0 amide bonds. The first-order chi connectivity index (χ1) is 8.38. The molecule has 0 aliphatic carbocycles. The maximum atomic E-state index is 13.2. The molecule has 0 aromatic heterocycles. The topological polar surface area (TPSA) is 63.6 Å². The van der Waals surface area contributed by atoms with Crippen LogP contribution in [-0.4, -0.2) is 24.3 Å². The van der Waals surface area contributed by atoms with E-state index in [-0.39, 0.29) is 5.56 Å². The fraction of sp³-hybridized carbons (Fsp3) is 0.400. The molecule has 19 heavy (non-hydrogen) atoms. The second-order valence-electron chi connectivity index (χ2n) is 3.88. The molecule has 0 heterocycles. The predicted octanol–water partition coefficient (Wildman–Crippen LogP) is 2.76. The summed E-state index contributed by atoms with van der Waals surface area (Å²) in [6.45, 7) is 2.82. The van der Waals surface area contributed by atoms with E-state index >= 15 is 0 Å². The third-order valence-electron chi connectivity index (χ3n) is 2.24. The Kier molecular flexibility index (Phi) is 3.83. The van der Waals surface area contributed by atoms with Gasteiger partial charge in [-0.05, 0) is 31.0 Å². The maximum Gasteiger partial charge on any atom is 0.483 e. The van der Waals surface area contributed by atoms with Gasteiger partial charge in [0, 0.05) is 0 Å². The van der Waals surface area contributed by atoms with Crippen molar-refractivity contribution in [2.75, 3.05) is 0 Å². The largest absolute Gasteiger partial charge is 0.483 e. The molecule has 0 spiro atoms. The summed E-state index contributed by atoms with van der Waals surface area (Å²) in [5.41, 5.74) is 0.558. The van der Waals surface area contributed by atoms with Crippen LogP contribution in [0.2, 0.25) is 0 Å². The molecule has 0 aliphatic rings. The van der Waals surface area contributed by atoms with Crippen LogP contribution in [0.1, 0.15) is 11.1 Å². The molecule has 108 valence electrons. The minimum Gasteiger partial charge on any atom is -0.427 e. The van der Waals surface area contributed by atoms with Gasteiger partial charge in [-0.25, -0.2) is 0 Å². The van der Waals surface area contributed by atoms with Gasteiger partial charge in [-0.15, -0.1) is 0 Å². The van der Waals surface area contributed by atoms with Crippen LogP contribution in [0.15, 0.2) is 18.2 Å². The molecule has 1 aromatic carbocycles. The van der Waals surface area contributed by atoms with Gasteiger partial charge in [0.2, 0.25) is 0 Å². The number of hydrogen-bond donors (Lipinski definition) is 1. The molecule has 0 radical (unpaired) electrons. The van der Waals surface area contributed by atoms with Gasteiger partial charge in [-0.3, -0.25) is 4.55 Å². The van der Waals surface area contributed by atoms with E-state index in [2.05, 4.69) is 4.74 Å². The van der Waals surface area contributed by atoms with Crippen molar-refractivity contribution in [2.45, 2.75) is 25.2 Å². The summed E-state index contributed by atoms with van der Waals surface area (Å²) in [6.07, 6.45) is -5.40. The third kappa shape index (κ3) is 2.98. The van der Waals surface area contributed by atoms with Crippen LogP contribution in [0.25, 0.3) is 0 Å². The van der Waals surface area contributed by atoms with Gasteiger partial charge >= 0.3 is 21.5 Å². The van der Waals surface area contributed by atoms with E-state index in [1.54, 1.807) is 0 Å². The molecule has 0 bridgehead atoms. The molecule has 0 saturated carbocycles. The van der Waals surface area contributed by atoms with Crippen molar-refractivity contribution in [3.05, 3.63) is 29.3 Å². The van der Waals surface area contributed by atoms with Crippen molar-refractivity contribution in [3.63, 3.8) is 0 Å². The second kappa shape index (κ2) is 4.64. The number of aryl methyl sites for hydroxylation is 2. The first-order valence-corrected chi connectivity index (χ1v) is 6.31. The molecule has 0 saturated heterocycles. The van der Waals surface area contributed by atoms with Crippen LogP contribution in [0, 0.1) is 13.8 Å². The van der Waals surface area contributed by atoms with Gasteiger partial charge in [0.25, 0.3) is 0 Å². The molecule has 4 nitrogen and oxygen atoms in total. The summed E-state index contributed by atoms with van der Waals surface area (Å²) in [5.74, 6) is -0.603. The minimum absolute atomic E-state index is 0.108. The summed E-state index contributed by atoms with van der Waals surface area (Å²) >= 11 is 0. The first kappa shape index (κ1) is 15.7. The van der Waals surface area contributed by atoms with Crippen molar-refractivity contribution in [2.24, 2.45) is 0 Å². The van der Waals surface area contributed by atoms with E-state index in [0.29, 0.717) is 5.56 Å². The molecule has 1 rings (SSSR count). The minimum atomic E-state index is -6.31. The molecular weight excluding hydrogens is 292 g/mol. The van der Waals surface area contributed by atoms with Crippen LogP contribution in [0.4, 0.5) is 17.6 Å². The van der Waals surface area contributed by atoms with E-state index in [4.69, 9.17) is 4.55 Å². The van der Waals surface area contributed by atoms with Crippen LogP contribution in [0.3, 0.4) is 0 Å². The van der Waals surface area contributed by atoms with Crippen LogP contribution >= 0.6 is 0 Å². The lowest BCUT2D eigenvalue weighted by Crippen LogP contribution is -2.50. The highest BCUT2D eigenvalue weighted by atomic mass is 32.2. The van der Waals surface area contributed by atoms with Crippen molar-refractivity contribution < 1.29 is 35.3 Å². The quantitative estimate of drug-likeness (QED) is 0.686.